The second-order valence-corrected chi connectivity index (χ2v) is 4.59. The summed E-state index contributed by atoms with van der Waals surface area (Å²) in [6.07, 6.45) is 4.04. The minimum absolute atomic E-state index is 0.335. The SMILES string of the molecule is CB(O)N1CCNC[C@@H]1CCOC1CC1. The van der Waals surface area contributed by atoms with Crippen molar-refractivity contribution in [2.24, 2.45) is 0 Å². The van der Waals surface area contributed by atoms with Gasteiger partial charge in [0.25, 0.3) is 0 Å². The molecule has 0 aromatic rings. The molecule has 0 unspecified atom stereocenters. The van der Waals surface area contributed by atoms with E-state index in [0.717, 1.165) is 32.7 Å². The smallest absolute Gasteiger partial charge is 0.376 e. The Morgan fingerprint density at radius 2 is 2.33 bits per heavy atom. The molecule has 1 aliphatic carbocycles. The lowest BCUT2D eigenvalue weighted by atomic mass is 9.81. The molecule has 2 aliphatic rings. The van der Waals surface area contributed by atoms with Gasteiger partial charge in [-0.2, -0.15) is 0 Å². The normalized spacial score (nSPS) is 28.0. The van der Waals surface area contributed by atoms with Gasteiger partial charge in [-0.05, 0) is 26.1 Å². The van der Waals surface area contributed by atoms with Crippen molar-refractivity contribution in [1.82, 2.24) is 10.1 Å². The summed E-state index contributed by atoms with van der Waals surface area (Å²) in [6.45, 7) is 5.57. The van der Waals surface area contributed by atoms with Gasteiger partial charge in [-0.3, -0.25) is 0 Å². The topological polar surface area (TPSA) is 44.7 Å². The van der Waals surface area contributed by atoms with E-state index in [0.29, 0.717) is 12.1 Å². The van der Waals surface area contributed by atoms with Gasteiger partial charge in [-0.1, -0.05) is 0 Å². The van der Waals surface area contributed by atoms with Crippen molar-refractivity contribution in [1.29, 1.82) is 0 Å². The van der Waals surface area contributed by atoms with Crippen molar-refractivity contribution >= 4 is 7.05 Å². The second kappa shape index (κ2) is 5.30. The second-order valence-electron chi connectivity index (χ2n) is 4.59. The van der Waals surface area contributed by atoms with Gasteiger partial charge in [0, 0.05) is 32.3 Å². The Balaban J connectivity index is 1.71. The molecule has 1 heterocycles. The largest absolute Gasteiger partial charge is 0.437 e. The van der Waals surface area contributed by atoms with Crippen LogP contribution in [0.2, 0.25) is 6.82 Å². The molecule has 0 radical (unpaired) electrons. The number of rotatable bonds is 5. The van der Waals surface area contributed by atoms with Crippen LogP contribution in [0.15, 0.2) is 0 Å². The average Bonchev–Trinajstić information content (AvgIpc) is 3.02. The zero-order valence-corrected chi connectivity index (χ0v) is 9.48. The van der Waals surface area contributed by atoms with Crippen LogP contribution in [0, 0.1) is 0 Å². The summed E-state index contributed by atoms with van der Waals surface area (Å²) in [4.78, 5) is 2.16. The minimum Gasteiger partial charge on any atom is -0.437 e. The van der Waals surface area contributed by atoms with Crippen LogP contribution in [-0.2, 0) is 4.74 Å². The predicted molar refractivity (Wildman–Crippen MR) is 60.8 cm³/mol. The molecule has 15 heavy (non-hydrogen) atoms. The monoisotopic (exact) mass is 212 g/mol. The van der Waals surface area contributed by atoms with Crippen molar-refractivity contribution in [3.8, 4) is 0 Å². The first-order valence-electron chi connectivity index (χ1n) is 6.03. The van der Waals surface area contributed by atoms with Gasteiger partial charge in [0.1, 0.15) is 0 Å². The summed E-state index contributed by atoms with van der Waals surface area (Å²) < 4.78 is 5.65. The summed E-state index contributed by atoms with van der Waals surface area (Å²) in [5.41, 5.74) is 0. The lowest BCUT2D eigenvalue weighted by molar-refractivity contribution is 0.0947. The fourth-order valence-corrected chi connectivity index (χ4v) is 2.14. The first-order chi connectivity index (χ1) is 7.27. The number of ether oxygens (including phenoxy) is 1. The van der Waals surface area contributed by atoms with E-state index in [1.54, 1.807) is 0 Å². The maximum Gasteiger partial charge on any atom is 0.376 e. The molecule has 5 heteroatoms. The highest BCUT2D eigenvalue weighted by atomic mass is 16.5. The maximum absolute atomic E-state index is 9.63. The third-order valence-electron chi connectivity index (χ3n) is 3.20. The molecule has 4 nitrogen and oxygen atoms in total. The molecule has 0 amide bonds. The Morgan fingerprint density at radius 1 is 1.53 bits per heavy atom. The molecule has 86 valence electrons. The van der Waals surface area contributed by atoms with Crippen molar-refractivity contribution in [2.75, 3.05) is 26.2 Å². The van der Waals surface area contributed by atoms with Crippen LogP contribution in [0.4, 0.5) is 0 Å². The van der Waals surface area contributed by atoms with E-state index in [1.807, 2.05) is 6.82 Å². The summed E-state index contributed by atoms with van der Waals surface area (Å²) >= 11 is 0. The van der Waals surface area contributed by atoms with Crippen LogP contribution in [-0.4, -0.2) is 55.3 Å². The Hall–Kier alpha value is -0.0951. The standard InChI is InChI=1S/C10H21BN2O2/c1-11(14)13-6-5-12-8-9(13)4-7-15-10-2-3-10/h9-10,12,14H,2-8H2,1H3/t9-/m0/s1. The molecular formula is C10H21BN2O2. The fraction of sp³-hybridized carbons (Fsp3) is 1.00. The Labute approximate surface area is 92.1 Å². The van der Waals surface area contributed by atoms with Crippen LogP contribution in [0.3, 0.4) is 0 Å². The van der Waals surface area contributed by atoms with E-state index in [4.69, 9.17) is 4.74 Å². The van der Waals surface area contributed by atoms with E-state index in [1.165, 1.54) is 12.8 Å². The van der Waals surface area contributed by atoms with Gasteiger partial charge >= 0.3 is 7.05 Å². The quantitative estimate of drug-likeness (QED) is 0.626. The maximum atomic E-state index is 9.63. The van der Waals surface area contributed by atoms with E-state index >= 15 is 0 Å². The molecule has 0 aromatic carbocycles. The molecule has 0 spiro atoms. The van der Waals surface area contributed by atoms with Gasteiger partial charge in [-0.15, -0.1) is 0 Å². The Bertz CT molecular complexity index is 200. The third kappa shape index (κ3) is 3.45. The van der Waals surface area contributed by atoms with Crippen LogP contribution >= 0.6 is 0 Å². The highest BCUT2D eigenvalue weighted by Gasteiger charge is 2.28. The van der Waals surface area contributed by atoms with Crippen molar-refractivity contribution in [2.45, 2.75) is 38.2 Å². The number of hydrogen-bond acceptors (Lipinski definition) is 4. The van der Waals surface area contributed by atoms with E-state index in [2.05, 4.69) is 10.1 Å². The minimum atomic E-state index is -0.335. The highest BCUT2D eigenvalue weighted by molar-refractivity contribution is 6.45. The number of piperazine rings is 1. The number of nitrogens with one attached hydrogen (secondary N) is 1. The summed E-state index contributed by atoms with van der Waals surface area (Å²) in [5, 5.41) is 13.0. The predicted octanol–water partition coefficient (Wildman–Crippen LogP) is -0.0604. The fourth-order valence-electron chi connectivity index (χ4n) is 2.14. The van der Waals surface area contributed by atoms with Crippen LogP contribution in [0.25, 0.3) is 0 Å². The number of hydrogen-bond donors (Lipinski definition) is 2. The molecular weight excluding hydrogens is 191 g/mol. The molecule has 0 bridgehead atoms. The van der Waals surface area contributed by atoms with Gasteiger partial charge < -0.3 is 19.9 Å². The van der Waals surface area contributed by atoms with Gasteiger partial charge in [-0.25, -0.2) is 0 Å². The molecule has 2 fully saturated rings. The first-order valence-corrected chi connectivity index (χ1v) is 6.03. The lowest BCUT2D eigenvalue weighted by Gasteiger charge is -2.37. The number of nitrogens with zero attached hydrogens (tertiary/aromatic N) is 1. The van der Waals surface area contributed by atoms with E-state index in [9.17, 15) is 5.02 Å². The first kappa shape index (κ1) is 11.4. The third-order valence-corrected chi connectivity index (χ3v) is 3.20. The van der Waals surface area contributed by atoms with E-state index < -0.39 is 0 Å². The van der Waals surface area contributed by atoms with Crippen LogP contribution in [0.5, 0.6) is 0 Å². The lowest BCUT2D eigenvalue weighted by Crippen LogP contribution is -2.56. The van der Waals surface area contributed by atoms with Crippen molar-refractivity contribution in [3.63, 3.8) is 0 Å². The molecule has 1 saturated carbocycles. The van der Waals surface area contributed by atoms with Crippen molar-refractivity contribution in [3.05, 3.63) is 0 Å². The van der Waals surface area contributed by atoms with Crippen LogP contribution < -0.4 is 5.32 Å². The Kier molecular flexibility index (Phi) is 4.02. The summed E-state index contributed by atoms with van der Waals surface area (Å²) in [5.74, 6) is 0. The van der Waals surface area contributed by atoms with Gasteiger partial charge in [0.2, 0.25) is 0 Å². The molecule has 2 N–H and O–H groups in total. The highest BCUT2D eigenvalue weighted by Crippen LogP contribution is 2.23. The Morgan fingerprint density at radius 3 is 3.00 bits per heavy atom. The zero-order chi connectivity index (χ0) is 10.7. The average molecular weight is 212 g/mol. The molecule has 1 atom stereocenters. The summed E-state index contributed by atoms with van der Waals surface area (Å²) in [6, 6.07) is 0.428. The molecule has 1 saturated heterocycles. The van der Waals surface area contributed by atoms with E-state index in [-0.39, 0.29) is 7.05 Å². The molecule has 0 aromatic heterocycles. The zero-order valence-electron chi connectivity index (χ0n) is 9.48. The summed E-state index contributed by atoms with van der Waals surface area (Å²) in [7, 11) is -0.335. The van der Waals surface area contributed by atoms with Gasteiger partial charge in [0.05, 0.1) is 6.10 Å². The molecule has 1 aliphatic heterocycles. The van der Waals surface area contributed by atoms with Crippen LogP contribution in [0.1, 0.15) is 19.3 Å². The molecule has 2 rings (SSSR count). The van der Waals surface area contributed by atoms with Gasteiger partial charge in [0.15, 0.2) is 0 Å². The van der Waals surface area contributed by atoms with Crippen molar-refractivity contribution < 1.29 is 9.76 Å².